The average molecular weight is 366 g/mol. The van der Waals surface area contributed by atoms with Gasteiger partial charge < -0.3 is 19.9 Å². The lowest BCUT2D eigenvalue weighted by Crippen LogP contribution is -2.20. The number of nitrogens with one attached hydrogen (secondary N) is 1. The Bertz CT molecular complexity index is 643. The third-order valence-corrected chi connectivity index (χ3v) is 3.53. The Hall–Kier alpha value is -2.05. The zero-order valence-corrected chi connectivity index (χ0v) is 13.6. The first-order valence-electron chi connectivity index (χ1n) is 6.58. The van der Waals surface area contributed by atoms with Crippen molar-refractivity contribution in [3.8, 4) is 11.5 Å². The zero-order valence-electron chi connectivity index (χ0n) is 12.0. The normalized spacial score (nSPS) is 10.1. The van der Waals surface area contributed by atoms with Crippen LogP contribution in [-0.2, 0) is 11.4 Å². The van der Waals surface area contributed by atoms with Gasteiger partial charge in [-0.05, 0) is 57.9 Å². The summed E-state index contributed by atoms with van der Waals surface area (Å²) in [6.45, 7) is -0.153. The number of rotatable bonds is 6. The van der Waals surface area contributed by atoms with E-state index >= 15 is 0 Å². The summed E-state index contributed by atoms with van der Waals surface area (Å²) in [6.07, 6.45) is 0. The molecule has 2 rings (SSSR count). The number of carbonyl (C=O) groups excluding carboxylic acids is 1. The minimum Gasteiger partial charge on any atom is -0.497 e. The number of benzene rings is 2. The number of halogens is 1. The van der Waals surface area contributed by atoms with E-state index in [4.69, 9.17) is 14.6 Å². The molecule has 2 aromatic carbocycles. The fraction of sp³-hybridized carbons (Fsp3) is 0.188. The molecule has 0 bridgehead atoms. The molecule has 0 saturated carbocycles. The van der Waals surface area contributed by atoms with Gasteiger partial charge in [0.1, 0.15) is 11.5 Å². The van der Waals surface area contributed by atoms with Crippen LogP contribution in [0.15, 0.2) is 46.9 Å². The number of carbonyl (C=O) groups is 1. The molecule has 0 aliphatic rings. The van der Waals surface area contributed by atoms with Crippen molar-refractivity contribution in [2.24, 2.45) is 0 Å². The third kappa shape index (κ3) is 4.47. The van der Waals surface area contributed by atoms with Gasteiger partial charge in [0.25, 0.3) is 5.91 Å². The highest BCUT2D eigenvalue weighted by Crippen LogP contribution is 2.26. The van der Waals surface area contributed by atoms with Gasteiger partial charge in [0, 0.05) is 5.69 Å². The van der Waals surface area contributed by atoms with E-state index in [0.29, 0.717) is 15.9 Å². The fourth-order valence-electron chi connectivity index (χ4n) is 1.77. The van der Waals surface area contributed by atoms with E-state index in [0.717, 1.165) is 11.3 Å². The average Bonchev–Trinajstić information content (AvgIpc) is 2.54. The Kier molecular flexibility index (Phi) is 5.80. The zero-order chi connectivity index (χ0) is 15.9. The molecule has 5 nitrogen and oxygen atoms in total. The highest BCUT2D eigenvalue weighted by Gasteiger charge is 2.07. The van der Waals surface area contributed by atoms with E-state index in [-0.39, 0.29) is 19.1 Å². The minimum atomic E-state index is -0.261. The summed E-state index contributed by atoms with van der Waals surface area (Å²) >= 11 is 3.34. The molecule has 6 heteroatoms. The van der Waals surface area contributed by atoms with Crippen molar-refractivity contribution in [3.63, 3.8) is 0 Å². The van der Waals surface area contributed by atoms with Crippen LogP contribution in [-0.4, -0.2) is 24.7 Å². The van der Waals surface area contributed by atoms with Crippen molar-refractivity contribution in [1.29, 1.82) is 0 Å². The first-order valence-corrected chi connectivity index (χ1v) is 7.37. The van der Waals surface area contributed by atoms with Crippen LogP contribution in [0, 0.1) is 0 Å². The molecular weight excluding hydrogens is 350 g/mol. The van der Waals surface area contributed by atoms with E-state index < -0.39 is 0 Å². The fourth-order valence-corrected chi connectivity index (χ4v) is 2.32. The summed E-state index contributed by atoms with van der Waals surface area (Å²) in [4.78, 5) is 11.9. The van der Waals surface area contributed by atoms with Crippen LogP contribution in [0.2, 0.25) is 0 Å². The number of ether oxygens (including phenoxy) is 2. The highest BCUT2D eigenvalue weighted by molar-refractivity contribution is 9.10. The summed E-state index contributed by atoms with van der Waals surface area (Å²) in [6, 6.07) is 12.2. The second-order valence-electron chi connectivity index (χ2n) is 4.49. The predicted molar refractivity (Wildman–Crippen MR) is 87.2 cm³/mol. The van der Waals surface area contributed by atoms with Crippen molar-refractivity contribution in [2.45, 2.75) is 6.61 Å². The Labute approximate surface area is 137 Å². The van der Waals surface area contributed by atoms with Crippen LogP contribution < -0.4 is 14.8 Å². The molecule has 0 saturated heterocycles. The monoisotopic (exact) mass is 365 g/mol. The number of hydrogen-bond donors (Lipinski definition) is 2. The minimum absolute atomic E-state index is 0.0448. The quantitative estimate of drug-likeness (QED) is 0.825. The summed E-state index contributed by atoms with van der Waals surface area (Å²) < 4.78 is 11.2. The van der Waals surface area contributed by atoms with Gasteiger partial charge in [-0.2, -0.15) is 0 Å². The van der Waals surface area contributed by atoms with E-state index in [2.05, 4.69) is 21.2 Å². The van der Waals surface area contributed by atoms with Crippen LogP contribution in [0.1, 0.15) is 5.56 Å². The van der Waals surface area contributed by atoms with Crippen molar-refractivity contribution < 1.29 is 19.4 Å². The largest absolute Gasteiger partial charge is 0.497 e. The van der Waals surface area contributed by atoms with Gasteiger partial charge in [-0.3, -0.25) is 4.79 Å². The summed E-state index contributed by atoms with van der Waals surface area (Å²) in [5.74, 6) is 1.01. The number of hydrogen-bond acceptors (Lipinski definition) is 4. The van der Waals surface area contributed by atoms with E-state index in [9.17, 15) is 4.79 Å². The van der Waals surface area contributed by atoms with Crippen LogP contribution >= 0.6 is 15.9 Å². The van der Waals surface area contributed by atoms with Gasteiger partial charge in [-0.25, -0.2) is 0 Å². The summed E-state index contributed by atoms with van der Waals surface area (Å²) in [7, 11) is 1.58. The maximum atomic E-state index is 11.9. The van der Waals surface area contributed by atoms with Crippen molar-refractivity contribution in [2.75, 3.05) is 19.0 Å². The maximum absolute atomic E-state index is 11.9. The number of amides is 1. The molecule has 2 N–H and O–H groups in total. The van der Waals surface area contributed by atoms with Crippen LogP contribution in [0.5, 0.6) is 11.5 Å². The maximum Gasteiger partial charge on any atom is 0.262 e. The number of aliphatic hydroxyl groups excluding tert-OH is 1. The van der Waals surface area contributed by atoms with E-state index in [1.807, 2.05) is 0 Å². The Morgan fingerprint density at radius 2 is 1.95 bits per heavy atom. The standard InChI is InChI=1S/C16H16BrNO4/c1-21-13-5-3-12(4-6-13)18-16(20)10-22-15-7-2-11(9-19)8-14(15)17/h2-8,19H,9-10H2,1H3,(H,18,20). The van der Waals surface area contributed by atoms with Gasteiger partial charge in [0.05, 0.1) is 18.2 Å². The molecule has 116 valence electrons. The van der Waals surface area contributed by atoms with Gasteiger partial charge >= 0.3 is 0 Å². The van der Waals surface area contributed by atoms with Crippen molar-refractivity contribution in [3.05, 3.63) is 52.5 Å². The SMILES string of the molecule is COc1ccc(NC(=O)COc2ccc(CO)cc2Br)cc1. The molecule has 0 atom stereocenters. The molecule has 0 aliphatic carbocycles. The van der Waals surface area contributed by atoms with Crippen LogP contribution in [0.3, 0.4) is 0 Å². The first kappa shape index (κ1) is 16.3. The Balaban J connectivity index is 1.89. The number of aliphatic hydroxyl groups is 1. The second kappa shape index (κ2) is 7.82. The first-order chi connectivity index (χ1) is 10.6. The van der Waals surface area contributed by atoms with Crippen molar-refractivity contribution >= 4 is 27.5 Å². The lowest BCUT2D eigenvalue weighted by Gasteiger charge is -2.10. The molecule has 0 heterocycles. The van der Waals surface area contributed by atoms with Crippen LogP contribution in [0.4, 0.5) is 5.69 Å². The smallest absolute Gasteiger partial charge is 0.262 e. The molecule has 22 heavy (non-hydrogen) atoms. The lowest BCUT2D eigenvalue weighted by molar-refractivity contribution is -0.118. The molecule has 0 aliphatic heterocycles. The molecule has 0 radical (unpaired) electrons. The van der Waals surface area contributed by atoms with Gasteiger partial charge in [0.15, 0.2) is 6.61 Å². The molecule has 1 amide bonds. The molecule has 2 aromatic rings. The third-order valence-electron chi connectivity index (χ3n) is 2.91. The summed E-state index contributed by atoms with van der Waals surface area (Å²) in [5.41, 5.74) is 1.44. The highest BCUT2D eigenvalue weighted by atomic mass is 79.9. The Morgan fingerprint density at radius 3 is 2.55 bits per heavy atom. The number of anilines is 1. The topological polar surface area (TPSA) is 67.8 Å². The van der Waals surface area contributed by atoms with Crippen molar-refractivity contribution in [1.82, 2.24) is 0 Å². The van der Waals surface area contributed by atoms with Gasteiger partial charge in [-0.1, -0.05) is 6.07 Å². The molecule has 0 unspecified atom stereocenters. The lowest BCUT2D eigenvalue weighted by atomic mass is 10.2. The van der Waals surface area contributed by atoms with Gasteiger partial charge in [0.2, 0.25) is 0 Å². The van der Waals surface area contributed by atoms with Gasteiger partial charge in [-0.15, -0.1) is 0 Å². The van der Waals surface area contributed by atoms with Crippen LogP contribution in [0.25, 0.3) is 0 Å². The predicted octanol–water partition coefficient (Wildman–Crippen LogP) is 2.97. The molecule has 0 aromatic heterocycles. The second-order valence-corrected chi connectivity index (χ2v) is 5.34. The van der Waals surface area contributed by atoms with E-state index in [1.54, 1.807) is 49.6 Å². The molecule has 0 fully saturated rings. The van der Waals surface area contributed by atoms with E-state index in [1.165, 1.54) is 0 Å². The number of methoxy groups -OCH3 is 1. The Morgan fingerprint density at radius 1 is 1.23 bits per heavy atom. The summed E-state index contributed by atoms with van der Waals surface area (Å²) in [5, 5.41) is 11.8. The molecular formula is C16H16BrNO4. The molecule has 0 spiro atoms.